The lowest BCUT2D eigenvalue weighted by Crippen LogP contribution is -2.69. The summed E-state index contributed by atoms with van der Waals surface area (Å²) in [5.74, 6) is -0.769. The minimum Gasteiger partial charge on any atom is -0.492 e. The minimum atomic E-state index is -1.37. The van der Waals surface area contributed by atoms with Gasteiger partial charge in [-0.3, -0.25) is 4.79 Å². The average Bonchev–Trinajstić information content (AvgIpc) is 2.84. The Balaban J connectivity index is 1.82. The van der Waals surface area contributed by atoms with Crippen molar-refractivity contribution < 1.29 is 44.5 Å². The number of aliphatic hydroxyl groups is 5. The largest absolute Gasteiger partial charge is 0.492 e. The maximum Gasteiger partial charge on any atom is 0.246 e. The number of amides is 1. The van der Waals surface area contributed by atoms with Crippen molar-refractivity contribution >= 4 is 5.91 Å². The van der Waals surface area contributed by atoms with Gasteiger partial charge in [0.2, 0.25) is 5.91 Å². The number of rotatable bonds is 10. The summed E-state index contributed by atoms with van der Waals surface area (Å²) in [6.45, 7) is 1.33. The first kappa shape index (κ1) is 30.1. The molecule has 14 heteroatoms. The molecule has 1 saturated carbocycles. The second-order valence-electron chi connectivity index (χ2n) is 10.2. The van der Waals surface area contributed by atoms with Crippen molar-refractivity contribution in [2.24, 2.45) is 17.4 Å². The third-order valence-corrected chi connectivity index (χ3v) is 7.36. The Morgan fingerprint density at radius 2 is 1.97 bits per heavy atom. The Morgan fingerprint density at radius 1 is 1.24 bits per heavy atom. The minimum absolute atomic E-state index is 0.0265. The lowest BCUT2D eigenvalue weighted by atomic mass is 9.72. The summed E-state index contributed by atoms with van der Waals surface area (Å²) in [7, 11) is 1.59. The van der Waals surface area contributed by atoms with Crippen LogP contribution in [0.1, 0.15) is 19.8 Å². The van der Waals surface area contributed by atoms with Crippen molar-refractivity contribution in [1.82, 2.24) is 16.0 Å². The monoisotopic (exact) mass is 533 g/mol. The van der Waals surface area contributed by atoms with E-state index in [0.29, 0.717) is 25.3 Å². The van der Waals surface area contributed by atoms with Gasteiger partial charge < -0.3 is 67.2 Å². The van der Waals surface area contributed by atoms with Crippen LogP contribution < -0.4 is 27.4 Å². The van der Waals surface area contributed by atoms with E-state index in [0.717, 1.165) is 0 Å². The molecule has 1 aliphatic carbocycles. The quantitative estimate of drug-likeness (QED) is 0.119. The van der Waals surface area contributed by atoms with E-state index in [2.05, 4.69) is 16.0 Å². The molecular formula is C23H43N5O9. The lowest BCUT2D eigenvalue weighted by Gasteiger charge is -2.50. The molecule has 0 radical (unpaired) electrons. The number of aliphatic hydroxyl groups excluding tert-OH is 4. The van der Waals surface area contributed by atoms with E-state index in [-0.39, 0.29) is 19.6 Å². The Bertz CT molecular complexity index is 788. The van der Waals surface area contributed by atoms with Crippen LogP contribution in [0.5, 0.6) is 0 Å². The number of nitrogens with one attached hydrogen (secondary N) is 3. The summed E-state index contributed by atoms with van der Waals surface area (Å²) in [4.78, 5) is 12.0. The summed E-state index contributed by atoms with van der Waals surface area (Å²) in [6.07, 6.45) is -3.11. The molecule has 0 bridgehead atoms. The zero-order chi connectivity index (χ0) is 27.3. The fourth-order valence-electron chi connectivity index (χ4n) is 5.50. The Labute approximate surface area is 216 Å². The highest BCUT2D eigenvalue weighted by Gasteiger charge is 2.53. The third-order valence-electron chi connectivity index (χ3n) is 7.36. The molecule has 12 N–H and O–H groups in total. The molecule has 0 aromatic rings. The van der Waals surface area contributed by atoms with Crippen LogP contribution in [0.2, 0.25) is 0 Å². The molecule has 14 nitrogen and oxygen atoms in total. The number of hydrogen-bond acceptors (Lipinski definition) is 13. The maximum absolute atomic E-state index is 12.0. The molecular weight excluding hydrogens is 490 g/mol. The van der Waals surface area contributed by atoms with Gasteiger partial charge in [0.25, 0.3) is 0 Å². The zero-order valence-corrected chi connectivity index (χ0v) is 21.3. The molecule has 0 spiro atoms. The van der Waals surface area contributed by atoms with Gasteiger partial charge in [-0.15, -0.1) is 0 Å². The van der Waals surface area contributed by atoms with Crippen LogP contribution in [0.4, 0.5) is 0 Å². The van der Waals surface area contributed by atoms with E-state index in [4.69, 9.17) is 30.8 Å². The van der Waals surface area contributed by atoms with Crippen LogP contribution in [0.15, 0.2) is 11.8 Å². The van der Waals surface area contributed by atoms with Crippen molar-refractivity contribution in [2.75, 3.05) is 40.0 Å². The topological polar surface area (TPSA) is 234 Å². The molecule has 3 rings (SSSR count). The van der Waals surface area contributed by atoms with E-state index in [9.17, 15) is 25.2 Å². The first-order valence-electron chi connectivity index (χ1n) is 12.7. The summed E-state index contributed by atoms with van der Waals surface area (Å²) in [5, 5.41) is 59.8. The highest BCUT2D eigenvalue weighted by Crippen LogP contribution is 2.36. The standard InChI is InChI=1S/C23H43N5O9/c1-23(34)10-35-22(18(33)21(23)26-2)37-20-14(28-15(31)9-30)7-13(25)16(17(20)32)19-12(24)4-3-11(36-19)8-27-5-6-29/h3,12-14,16-22,26-27,29-30,32-34H,4-10,24-25H2,1-2H3,(H,28,31)/t12-,13+,14-,16?,17+,18-,19+,20+,21-,22-,23+/m1/s1. The molecule has 2 fully saturated rings. The summed E-state index contributed by atoms with van der Waals surface area (Å²) in [5.41, 5.74) is 11.5. The SMILES string of the molecule is CN[C@@H]1[C@@H](O)[C@@H](O[C@H]2[C@H](NC(=O)CO)C[C@H](N)C([C@H]3OC(CNCCO)=CC[C@H]3N)[C@@H]2O)OC[C@]1(C)O. The van der Waals surface area contributed by atoms with Gasteiger partial charge in [-0.25, -0.2) is 0 Å². The molecule has 0 aromatic carbocycles. The van der Waals surface area contributed by atoms with E-state index >= 15 is 0 Å². The molecule has 11 atom stereocenters. The van der Waals surface area contributed by atoms with Crippen LogP contribution in [0.25, 0.3) is 0 Å². The highest BCUT2D eigenvalue weighted by atomic mass is 16.7. The molecule has 2 aliphatic heterocycles. The highest BCUT2D eigenvalue weighted by molar-refractivity contribution is 5.77. The average molecular weight is 534 g/mol. The van der Waals surface area contributed by atoms with Gasteiger partial charge in [-0.2, -0.15) is 0 Å². The first-order valence-corrected chi connectivity index (χ1v) is 12.7. The number of ether oxygens (including phenoxy) is 3. The predicted octanol–water partition coefficient (Wildman–Crippen LogP) is -4.80. The second-order valence-corrected chi connectivity index (χ2v) is 10.2. The first-order chi connectivity index (χ1) is 17.5. The second kappa shape index (κ2) is 13.1. The van der Waals surface area contributed by atoms with Gasteiger partial charge in [-0.1, -0.05) is 0 Å². The summed E-state index contributed by atoms with van der Waals surface area (Å²) < 4.78 is 17.8. The molecule has 214 valence electrons. The van der Waals surface area contributed by atoms with Crippen LogP contribution in [0.3, 0.4) is 0 Å². The predicted molar refractivity (Wildman–Crippen MR) is 131 cm³/mol. The number of carbonyl (C=O) groups excluding carboxylic acids is 1. The molecule has 2 heterocycles. The fraction of sp³-hybridized carbons (Fsp3) is 0.870. The van der Waals surface area contributed by atoms with Crippen molar-refractivity contribution in [1.29, 1.82) is 0 Å². The molecule has 1 saturated heterocycles. The Morgan fingerprint density at radius 3 is 2.62 bits per heavy atom. The van der Waals surface area contributed by atoms with E-state index < -0.39 is 78.9 Å². The fourth-order valence-corrected chi connectivity index (χ4v) is 5.50. The van der Waals surface area contributed by atoms with Crippen LogP contribution >= 0.6 is 0 Å². The lowest BCUT2D eigenvalue weighted by molar-refractivity contribution is -0.297. The summed E-state index contributed by atoms with van der Waals surface area (Å²) in [6, 6.07) is -2.72. The van der Waals surface area contributed by atoms with Crippen molar-refractivity contribution in [3.8, 4) is 0 Å². The number of hydrogen-bond donors (Lipinski definition) is 10. The van der Waals surface area contributed by atoms with Gasteiger partial charge in [-0.05, 0) is 32.9 Å². The van der Waals surface area contributed by atoms with E-state index in [1.807, 2.05) is 6.08 Å². The molecule has 0 aromatic heterocycles. The smallest absolute Gasteiger partial charge is 0.246 e. The van der Waals surface area contributed by atoms with Gasteiger partial charge in [0, 0.05) is 24.5 Å². The number of likely N-dealkylation sites (N-methyl/N-ethyl adjacent to an activating group) is 1. The van der Waals surface area contributed by atoms with Crippen LogP contribution in [0, 0.1) is 5.92 Å². The van der Waals surface area contributed by atoms with E-state index in [1.165, 1.54) is 6.92 Å². The number of carbonyl (C=O) groups is 1. The number of nitrogens with two attached hydrogens (primary N) is 2. The molecule has 1 amide bonds. The van der Waals surface area contributed by atoms with Gasteiger partial charge >= 0.3 is 0 Å². The van der Waals surface area contributed by atoms with E-state index in [1.54, 1.807) is 7.05 Å². The summed E-state index contributed by atoms with van der Waals surface area (Å²) >= 11 is 0. The molecule has 3 aliphatic rings. The van der Waals surface area contributed by atoms with Crippen molar-refractivity contribution in [3.63, 3.8) is 0 Å². The zero-order valence-electron chi connectivity index (χ0n) is 21.3. The maximum atomic E-state index is 12.0. The van der Waals surface area contributed by atoms with Gasteiger partial charge in [0.1, 0.15) is 36.3 Å². The van der Waals surface area contributed by atoms with Crippen molar-refractivity contribution in [3.05, 3.63) is 11.8 Å². The molecule has 37 heavy (non-hydrogen) atoms. The van der Waals surface area contributed by atoms with Gasteiger partial charge in [0.05, 0.1) is 37.9 Å². The van der Waals surface area contributed by atoms with Crippen LogP contribution in [-0.2, 0) is 19.0 Å². The molecule has 1 unspecified atom stereocenters. The van der Waals surface area contributed by atoms with Crippen molar-refractivity contribution in [2.45, 2.75) is 80.2 Å². The van der Waals surface area contributed by atoms with Gasteiger partial charge in [0.15, 0.2) is 6.29 Å². The third kappa shape index (κ3) is 6.96. The normalized spacial score (nSPS) is 42.6. The van der Waals surface area contributed by atoms with Crippen LogP contribution in [-0.4, -0.2) is 132 Å². The Hall–Kier alpha value is -1.43. The Kier molecular flexibility index (Phi) is 10.6.